The van der Waals surface area contributed by atoms with Crippen molar-refractivity contribution in [3.05, 3.63) is 35.6 Å². The van der Waals surface area contributed by atoms with Gasteiger partial charge in [0.25, 0.3) is 0 Å². The molecule has 1 aliphatic rings. The summed E-state index contributed by atoms with van der Waals surface area (Å²) >= 11 is 0. The van der Waals surface area contributed by atoms with Crippen LogP contribution in [0, 0.1) is 5.82 Å². The van der Waals surface area contributed by atoms with Crippen LogP contribution in [-0.4, -0.2) is 5.97 Å². The lowest BCUT2D eigenvalue weighted by molar-refractivity contribution is -0.160. The molecule has 1 aromatic carbocycles. The predicted molar refractivity (Wildman–Crippen MR) is 67.5 cm³/mol. The zero-order chi connectivity index (χ0) is 13.0. The van der Waals surface area contributed by atoms with Gasteiger partial charge in [0.15, 0.2) is 0 Å². The van der Waals surface area contributed by atoms with Crippen molar-refractivity contribution >= 4 is 5.97 Å². The summed E-state index contributed by atoms with van der Waals surface area (Å²) in [5.41, 5.74) is 0.171. The van der Waals surface area contributed by atoms with Crippen molar-refractivity contribution in [1.82, 2.24) is 0 Å². The second kappa shape index (κ2) is 5.51. The minimum atomic E-state index is -0.621. The smallest absolute Gasteiger partial charge is 0.303 e. The van der Waals surface area contributed by atoms with Gasteiger partial charge in [0.1, 0.15) is 11.4 Å². The summed E-state index contributed by atoms with van der Waals surface area (Å²) < 4.78 is 19.0. The second-order valence-electron chi connectivity index (χ2n) is 5.01. The van der Waals surface area contributed by atoms with Crippen molar-refractivity contribution in [2.24, 2.45) is 0 Å². The Hall–Kier alpha value is -1.38. The zero-order valence-electron chi connectivity index (χ0n) is 10.7. The lowest BCUT2D eigenvalue weighted by Gasteiger charge is -2.32. The molecule has 0 aliphatic heterocycles. The van der Waals surface area contributed by atoms with Crippen LogP contribution < -0.4 is 0 Å². The molecule has 2 rings (SSSR count). The molecule has 0 heterocycles. The van der Waals surface area contributed by atoms with E-state index in [-0.39, 0.29) is 11.8 Å². The van der Waals surface area contributed by atoms with Gasteiger partial charge in [-0.1, -0.05) is 25.0 Å². The third-order valence-corrected chi connectivity index (χ3v) is 3.60. The zero-order valence-corrected chi connectivity index (χ0v) is 10.7. The van der Waals surface area contributed by atoms with Gasteiger partial charge in [-0.25, -0.2) is 4.39 Å². The average molecular weight is 250 g/mol. The molecular formula is C15H19FO2. The predicted octanol–water partition coefficient (Wildman–Crippen LogP) is 3.94. The minimum Gasteiger partial charge on any atom is -0.454 e. The Bertz CT molecular complexity index is 420. The van der Waals surface area contributed by atoms with Crippen LogP contribution in [0.2, 0.25) is 0 Å². The molecule has 98 valence electrons. The number of carbonyl (C=O) groups is 1. The molecule has 0 spiro atoms. The lowest BCUT2D eigenvalue weighted by atomic mass is 9.86. The standard InChI is InChI=1S/C15H19FO2/c1-12(17)18-15(9-4-2-3-5-10-15)13-7-6-8-14(16)11-13/h6-8,11H,2-5,9-10H2,1H3. The first-order chi connectivity index (χ1) is 8.62. The molecule has 3 heteroatoms. The van der Waals surface area contributed by atoms with E-state index in [1.807, 2.05) is 6.07 Å². The first-order valence-electron chi connectivity index (χ1n) is 6.58. The molecule has 0 saturated heterocycles. The number of hydrogen-bond acceptors (Lipinski definition) is 2. The van der Waals surface area contributed by atoms with Crippen LogP contribution >= 0.6 is 0 Å². The summed E-state index contributed by atoms with van der Waals surface area (Å²) in [6.45, 7) is 1.42. The van der Waals surface area contributed by atoms with Crippen LogP contribution in [0.1, 0.15) is 51.0 Å². The normalized spacial score (nSPS) is 19.0. The summed E-state index contributed by atoms with van der Waals surface area (Å²) in [6.07, 6.45) is 5.91. The van der Waals surface area contributed by atoms with Crippen LogP contribution in [0.3, 0.4) is 0 Å². The van der Waals surface area contributed by atoms with Crippen molar-refractivity contribution in [3.63, 3.8) is 0 Å². The van der Waals surface area contributed by atoms with E-state index in [0.717, 1.165) is 44.1 Å². The van der Waals surface area contributed by atoms with Crippen LogP contribution in [0.15, 0.2) is 24.3 Å². The number of halogens is 1. The minimum absolute atomic E-state index is 0.275. The maximum Gasteiger partial charge on any atom is 0.303 e. The third-order valence-electron chi connectivity index (χ3n) is 3.60. The van der Waals surface area contributed by atoms with E-state index >= 15 is 0 Å². The number of benzene rings is 1. The molecule has 0 atom stereocenters. The highest BCUT2D eigenvalue weighted by Gasteiger charge is 2.36. The molecule has 2 nitrogen and oxygen atoms in total. The van der Waals surface area contributed by atoms with E-state index in [2.05, 4.69) is 0 Å². The summed E-state index contributed by atoms with van der Waals surface area (Å²) in [5.74, 6) is -0.565. The van der Waals surface area contributed by atoms with E-state index in [9.17, 15) is 9.18 Å². The van der Waals surface area contributed by atoms with E-state index in [4.69, 9.17) is 4.74 Å². The summed E-state index contributed by atoms with van der Waals surface area (Å²) in [5, 5.41) is 0. The topological polar surface area (TPSA) is 26.3 Å². The number of carbonyl (C=O) groups excluding carboxylic acids is 1. The highest BCUT2D eigenvalue weighted by Crippen LogP contribution is 2.39. The maximum absolute atomic E-state index is 13.4. The van der Waals surface area contributed by atoms with Gasteiger partial charge in [-0.05, 0) is 43.4 Å². The Balaban J connectivity index is 2.36. The highest BCUT2D eigenvalue weighted by molar-refractivity contribution is 5.66. The molecule has 1 aliphatic carbocycles. The Labute approximate surface area is 107 Å². The molecule has 0 aromatic heterocycles. The molecule has 0 amide bonds. The fraction of sp³-hybridized carbons (Fsp3) is 0.533. The maximum atomic E-state index is 13.4. The number of ether oxygens (including phenoxy) is 1. The number of hydrogen-bond donors (Lipinski definition) is 0. The van der Waals surface area contributed by atoms with Gasteiger partial charge in [-0.2, -0.15) is 0 Å². The van der Waals surface area contributed by atoms with E-state index < -0.39 is 5.60 Å². The molecule has 1 saturated carbocycles. The van der Waals surface area contributed by atoms with Crippen LogP contribution in [-0.2, 0) is 15.1 Å². The highest BCUT2D eigenvalue weighted by atomic mass is 19.1. The van der Waals surface area contributed by atoms with Crippen molar-refractivity contribution < 1.29 is 13.9 Å². The van der Waals surface area contributed by atoms with E-state index in [1.54, 1.807) is 6.07 Å². The van der Waals surface area contributed by atoms with Crippen molar-refractivity contribution in [3.8, 4) is 0 Å². The summed E-state index contributed by atoms with van der Waals surface area (Å²) in [6, 6.07) is 6.45. The molecule has 18 heavy (non-hydrogen) atoms. The number of esters is 1. The monoisotopic (exact) mass is 250 g/mol. The van der Waals surface area contributed by atoms with Crippen molar-refractivity contribution in [2.75, 3.05) is 0 Å². The fourth-order valence-electron chi connectivity index (χ4n) is 2.80. The Morgan fingerprint density at radius 2 is 1.89 bits per heavy atom. The van der Waals surface area contributed by atoms with Crippen LogP contribution in [0.25, 0.3) is 0 Å². The molecular weight excluding hydrogens is 231 g/mol. The quantitative estimate of drug-likeness (QED) is 0.587. The largest absolute Gasteiger partial charge is 0.454 e. The Morgan fingerprint density at radius 1 is 1.22 bits per heavy atom. The average Bonchev–Trinajstić information content (AvgIpc) is 2.55. The SMILES string of the molecule is CC(=O)OC1(c2cccc(F)c2)CCCCCC1. The summed E-state index contributed by atoms with van der Waals surface area (Å²) in [7, 11) is 0. The molecule has 1 aromatic rings. The first kappa shape index (κ1) is 13.1. The molecule has 0 N–H and O–H groups in total. The summed E-state index contributed by atoms with van der Waals surface area (Å²) in [4.78, 5) is 11.4. The second-order valence-corrected chi connectivity index (χ2v) is 5.01. The van der Waals surface area contributed by atoms with Gasteiger partial charge in [0.05, 0.1) is 0 Å². The van der Waals surface area contributed by atoms with Gasteiger partial charge < -0.3 is 4.74 Å². The van der Waals surface area contributed by atoms with Crippen LogP contribution in [0.5, 0.6) is 0 Å². The number of rotatable bonds is 2. The van der Waals surface area contributed by atoms with Crippen molar-refractivity contribution in [1.29, 1.82) is 0 Å². The molecule has 1 fully saturated rings. The van der Waals surface area contributed by atoms with E-state index in [1.165, 1.54) is 19.1 Å². The van der Waals surface area contributed by atoms with Gasteiger partial charge in [0.2, 0.25) is 0 Å². The first-order valence-corrected chi connectivity index (χ1v) is 6.58. The van der Waals surface area contributed by atoms with Gasteiger partial charge in [0, 0.05) is 6.92 Å². The van der Waals surface area contributed by atoms with Crippen molar-refractivity contribution in [2.45, 2.75) is 51.0 Å². The fourth-order valence-corrected chi connectivity index (χ4v) is 2.80. The van der Waals surface area contributed by atoms with Gasteiger partial charge >= 0.3 is 5.97 Å². The lowest BCUT2D eigenvalue weighted by Crippen LogP contribution is -2.31. The van der Waals surface area contributed by atoms with Crippen LogP contribution in [0.4, 0.5) is 4.39 Å². The van der Waals surface area contributed by atoms with Gasteiger partial charge in [-0.15, -0.1) is 0 Å². The molecule has 0 bridgehead atoms. The molecule has 0 radical (unpaired) electrons. The van der Waals surface area contributed by atoms with Gasteiger partial charge in [-0.3, -0.25) is 4.79 Å². The Kier molecular flexibility index (Phi) is 4.00. The molecule has 0 unspecified atom stereocenters. The Morgan fingerprint density at radius 3 is 2.44 bits per heavy atom. The van der Waals surface area contributed by atoms with E-state index in [0.29, 0.717) is 0 Å². The third kappa shape index (κ3) is 2.89.